The Kier molecular flexibility index (Phi) is 2.28. The van der Waals surface area contributed by atoms with Gasteiger partial charge < -0.3 is 4.84 Å². The number of aryl methyl sites for hydroxylation is 1. The monoisotopic (exact) mass is 182 g/mol. The molecule has 0 N–H and O–H groups in total. The van der Waals surface area contributed by atoms with Crippen LogP contribution in [0.2, 0.25) is 5.15 Å². The molecular formula is C5H5ClF2N2O. The molecule has 1 aromatic rings. The summed E-state index contributed by atoms with van der Waals surface area (Å²) in [5.74, 6) is 0.287. The molecule has 1 heterocycles. The van der Waals surface area contributed by atoms with E-state index in [1.807, 2.05) is 0 Å². The fourth-order valence-corrected chi connectivity index (χ4v) is 0.823. The van der Waals surface area contributed by atoms with Gasteiger partial charge in [0.1, 0.15) is 5.82 Å². The number of hydrogen-bond donors (Lipinski definition) is 0. The van der Waals surface area contributed by atoms with Gasteiger partial charge in [-0.25, -0.2) is 4.98 Å². The molecule has 1 rings (SSSR count). The molecule has 3 nitrogen and oxygen atoms in total. The van der Waals surface area contributed by atoms with Crippen LogP contribution in [0.4, 0.5) is 8.78 Å². The summed E-state index contributed by atoms with van der Waals surface area (Å²) in [6.45, 7) is -1.38. The van der Waals surface area contributed by atoms with Gasteiger partial charge in [0.2, 0.25) is 0 Å². The molecule has 0 unspecified atom stereocenters. The Morgan fingerprint density at radius 1 is 1.73 bits per heavy atom. The Morgan fingerprint density at radius 2 is 2.36 bits per heavy atom. The number of hydrogen-bond acceptors (Lipinski definition) is 2. The molecule has 0 fully saturated rings. The van der Waals surface area contributed by atoms with Crippen LogP contribution in [0, 0.1) is 6.92 Å². The molecule has 0 spiro atoms. The average Bonchev–Trinajstić information content (AvgIpc) is 2.18. The van der Waals surface area contributed by atoms with E-state index in [1.165, 1.54) is 13.1 Å². The highest BCUT2D eigenvalue weighted by Crippen LogP contribution is 2.09. The van der Waals surface area contributed by atoms with E-state index in [-0.39, 0.29) is 11.0 Å². The molecule has 62 valence electrons. The molecular weight excluding hydrogens is 178 g/mol. The Hall–Kier alpha value is -0.840. The first kappa shape index (κ1) is 8.26. The molecule has 0 amide bonds. The lowest BCUT2D eigenvalue weighted by atomic mass is 10.7. The first-order chi connectivity index (χ1) is 5.11. The van der Waals surface area contributed by atoms with E-state index in [9.17, 15) is 8.78 Å². The molecule has 0 aliphatic carbocycles. The highest BCUT2D eigenvalue weighted by Gasteiger charge is 2.09. The zero-order valence-electron chi connectivity index (χ0n) is 5.59. The third-order valence-electron chi connectivity index (χ3n) is 1.03. The Balaban J connectivity index is 2.83. The molecule has 0 aromatic carbocycles. The van der Waals surface area contributed by atoms with Gasteiger partial charge in [-0.1, -0.05) is 11.6 Å². The lowest BCUT2D eigenvalue weighted by Crippen LogP contribution is -2.18. The van der Waals surface area contributed by atoms with Gasteiger partial charge in [-0.05, 0) is 6.92 Å². The minimum absolute atomic E-state index is 0.0304. The van der Waals surface area contributed by atoms with Crippen LogP contribution in [0.3, 0.4) is 0 Å². The molecule has 1 aromatic heterocycles. The van der Waals surface area contributed by atoms with E-state index in [0.717, 1.165) is 4.73 Å². The van der Waals surface area contributed by atoms with Gasteiger partial charge in [-0.2, -0.15) is 13.5 Å². The molecule has 0 bridgehead atoms. The summed E-state index contributed by atoms with van der Waals surface area (Å²) in [4.78, 5) is 7.65. The zero-order valence-corrected chi connectivity index (χ0v) is 6.35. The molecule has 0 saturated carbocycles. The Bertz CT molecular complexity index is 231. The van der Waals surface area contributed by atoms with E-state index in [4.69, 9.17) is 11.6 Å². The maximum Gasteiger partial charge on any atom is 0.405 e. The molecule has 0 aliphatic heterocycles. The van der Waals surface area contributed by atoms with Crippen LogP contribution < -0.4 is 4.84 Å². The number of imidazole rings is 1. The smallest absolute Gasteiger partial charge is 0.341 e. The van der Waals surface area contributed by atoms with Crippen molar-refractivity contribution in [1.82, 2.24) is 9.71 Å². The number of rotatable bonds is 2. The summed E-state index contributed by atoms with van der Waals surface area (Å²) in [7, 11) is 0. The third kappa shape index (κ3) is 1.80. The van der Waals surface area contributed by atoms with Crippen LogP contribution in [-0.2, 0) is 0 Å². The molecule has 6 heteroatoms. The van der Waals surface area contributed by atoms with Gasteiger partial charge in [-0.15, -0.1) is 0 Å². The summed E-state index contributed by atoms with van der Waals surface area (Å²) < 4.78 is 24.0. The number of aromatic nitrogens is 2. The van der Waals surface area contributed by atoms with Gasteiger partial charge in [0.15, 0.2) is 5.15 Å². The van der Waals surface area contributed by atoms with E-state index in [1.54, 1.807) is 0 Å². The third-order valence-corrected chi connectivity index (χ3v) is 1.28. The fourth-order valence-electron chi connectivity index (χ4n) is 0.612. The van der Waals surface area contributed by atoms with E-state index in [0.29, 0.717) is 0 Å². The lowest BCUT2D eigenvalue weighted by Gasteiger charge is -2.05. The maximum atomic E-state index is 11.6. The first-order valence-electron chi connectivity index (χ1n) is 2.76. The topological polar surface area (TPSA) is 27.1 Å². The highest BCUT2D eigenvalue weighted by atomic mass is 35.5. The summed E-state index contributed by atoms with van der Waals surface area (Å²) in [5, 5.41) is 0.0304. The zero-order chi connectivity index (χ0) is 8.43. The van der Waals surface area contributed by atoms with Gasteiger partial charge in [0, 0.05) is 0 Å². The van der Waals surface area contributed by atoms with E-state index in [2.05, 4.69) is 9.82 Å². The van der Waals surface area contributed by atoms with Crippen molar-refractivity contribution in [3.63, 3.8) is 0 Å². The molecule has 11 heavy (non-hydrogen) atoms. The predicted octanol–water partition coefficient (Wildman–Crippen LogP) is 1.50. The summed E-state index contributed by atoms with van der Waals surface area (Å²) in [5.41, 5.74) is 0. The van der Waals surface area contributed by atoms with E-state index >= 15 is 0 Å². The van der Waals surface area contributed by atoms with Crippen LogP contribution in [-0.4, -0.2) is 16.3 Å². The van der Waals surface area contributed by atoms with Crippen LogP contribution in [0.15, 0.2) is 6.20 Å². The second-order valence-electron chi connectivity index (χ2n) is 1.79. The largest absolute Gasteiger partial charge is 0.405 e. The highest BCUT2D eigenvalue weighted by molar-refractivity contribution is 6.29. The minimum atomic E-state index is -2.89. The van der Waals surface area contributed by atoms with Crippen molar-refractivity contribution in [2.45, 2.75) is 13.5 Å². The van der Waals surface area contributed by atoms with Gasteiger partial charge >= 0.3 is 6.61 Å². The Labute approximate surface area is 66.5 Å². The molecule has 0 atom stereocenters. The van der Waals surface area contributed by atoms with Crippen molar-refractivity contribution in [1.29, 1.82) is 0 Å². The average molecular weight is 183 g/mol. The lowest BCUT2D eigenvalue weighted by molar-refractivity contribution is -0.134. The van der Waals surface area contributed by atoms with Crippen molar-refractivity contribution in [2.24, 2.45) is 0 Å². The van der Waals surface area contributed by atoms with Crippen molar-refractivity contribution >= 4 is 11.6 Å². The van der Waals surface area contributed by atoms with Crippen LogP contribution >= 0.6 is 11.6 Å². The minimum Gasteiger partial charge on any atom is -0.341 e. The van der Waals surface area contributed by atoms with Gasteiger partial charge in [0.05, 0.1) is 6.20 Å². The van der Waals surface area contributed by atoms with Gasteiger partial charge in [0.25, 0.3) is 0 Å². The summed E-state index contributed by atoms with van der Waals surface area (Å²) in [6, 6.07) is 0. The fraction of sp³-hybridized carbons (Fsp3) is 0.400. The molecule has 0 aliphatic rings. The normalized spacial score (nSPS) is 10.6. The maximum absolute atomic E-state index is 11.6. The SMILES string of the molecule is Cc1ncc(Cl)n1OC(F)F. The number of alkyl halides is 2. The van der Waals surface area contributed by atoms with Crippen molar-refractivity contribution in [3.05, 3.63) is 17.2 Å². The molecule has 0 saturated heterocycles. The van der Waals surface area contributed by atoms with Crippen LogP contribution in [0.1, 0.15) is 5.82 Å². The second kappa shape index (κ2) is 3.04. The Morgan fingerprint density at radius 3 is 2.73 bits per heavy atom. The van der Waals surface area contributed by atoms with Crippen molar-refractivity contribution < 1.29 is 13.6 Å². The van der Waals surface area contributed by atoms with Gasteiger partial charge in [-0.3, -0.25) is 0 Å². The van der Waals surface area contributed by atoms with Crippen molar-refractivity contribution in [3.8, 4) is 0 Å². The van der Waals surface area contributed by atoms with Crippen LogP contribution in [0.5, 0.6) is 0 Å². The second-order valence-corrected chi connectivity index (χ2v) is 2.18. The molecule has 0 radical (unpaired) electrons. The number of nitrogens with zero attached hydrogens (tertiary/aromatic N) is 2. The number of halogens is 3. The standard InChI is InChI=1S/C5H5ClF2N2O/c1-3-9-2-4(6)10(3)11-5(7)8/h2,5H,1H3. The predicted molar refractivity (Wildman–Crippen MR) is 34.6 cm³/mol. The first-order valence-corrected chi connectivity index (χ1v) is 3.14. The van der Waals surface area contributed by atoms with E-state index < -0.39 is 6.61 Å². The summed E-state index contributed by atoms with van der Waals surface area (Å²) >= 11 is 5.43. The van der Waals surface area contributed by atoms with Crippen molar-refractivity contribution in [2.75, 3.05) is 0 Å². The quantitative estimate of drug-likeness (QED) is 0.693. The summed E-state index contributed by atoms with van der Waals surface area (Å²) in [6.07, 6.45) is 1.24. The van der Waals surface area contributed by atoms with Crippen LogP contribution in [0.25, 0.3) is 0 Å².